The highest BCUT2D eigenvalue weighted by Gasteiger charge is 2.25. The van der Waals surface area contributed by atoms with Gasteiger partial charge in [0.2, 0.25) is 0 Å². The summed E-state index contributed by atoms with van der Waals surface area (Å²) in [4.78, 5) is 7.14. The Labute approximate surface area is 154 Å². The minimum atomic E-state index is -0.774. The standard InChI is InChI=1S/C20H28N4O2/c25-19(16-7-3-1-4-8-16)20-21-18(15-23-11-13-26-14-12-23)24(22-20)17-9-5-2-6-10-17/h1,3-4,7-8,17,19,25H,2,5-6,9-15H2/t19-/m1/s1. The zero-order valence-corrected chi connectivity index (χ0v) is 15.3. The van der Waals surface area contributed by atoms with E-state index in [2.05, 4.69) is 9.58 Å². The second-order valence-electron chi connectivity index (χ2n) is 7.32. The molecule has 26 heavy (non-hydrogen) atoms. The Hall–Kier alpha value is -1.76. The van der Waals surface area contributed by atoms with E-state index in [4.69, 9.17) is 14.8 Å². The molecule has 2 aromatic rings. The lowest BCUT2D eigenvalue weighted by molar-refractivity contribution is 0.0320. The molecule has 1 aromatic carbocycles. The van der Waals surface area contributed by atoms with Crippen molar-refractivity contribution < 1.29 is 9.84 Å². The van der Waals surface area contributed by atoms with Crippen molar-refractivity contribution in [2.45, 2.75) is 50.8 Å². The summed E-state index contributed by atoms with van der Waals surface area (Å²) in [5, 5.41) is 15.5. The first-order valence-electron chi connectivity index (χ1n) is 9.79. The molecule has 1 saturated carbocycles. The molecule has 2 heterocycles. The van der Waals surface area contributed by atoms with Crippen molar-refractivity contribution in [2.75, 3.05) is 26.3 Å². The Kier molecular flexibility index (Phi) is 5.62. The summed E-state index contributed by atoms with van der Waals surface area (Å²) in [5.41, 5.74) is 0.839. The summed E-state index contributed by atoms with van der Waals surface area (Å²) >= 11 is 0. The molecule has 1 atom stereocenters. The van der Waals surface area contributed by atoms with Crippen molar-refractivity contribution >= 4 is 0 Å². The van der Waals surface area contributed by atoms with Crippen LogP contribution in [0.5, 0.6) is 0 Å². The zero-order valence-electron chi connectivity index (χ0n) is 15.3. The number of hydrogen-bond donors (Lipinski definition) is 1. The van der Waals surface area contributed by atoms with Gasteiger partial charge in [-0.15, -0.1) is 0 Å². The van der Waals surface area contributed by atoms with Gasteiger partial charge in [0.1, 0.15) is 11.9 Å². The van der Waals surface area contributed by atoms with Gasteiger partial charge in [0.05, 0.1) is 25.8 Å². The lowest BCUT2D eigenvalue weighted by Gasteiger charge is -2.28. The molecule has 1 aromatic heterocycles. The van der Waals surface area contributed by atoms with Crippen LogP contribution in [0.3, 0.4) is 0 Å². The largest absolute Gasteiger partial charge is 0.380 e. The maximum atomic E-state index is 10.8. The minimum absolute atomic E-state index is 0.406. The van der Waals surface area contributed by atoms with Gasteiger partial charge in [-0.1, -0.05) is 49.6 Å². The third-order valence-electron chi connectivity index (χ3n) is 5.47. The number of aromatic nitrogens is 3. The van der Waals surface area contributed by atoms with Gasteiger partial charge in [-0.25, -0.2) is 9.67 Å². The highest BCUT2D eigenvalue weighted by molar-refractivity contribution is 5.22. The van der Waals surface area contributed by atoms with Crippen molar-refractivity contribution in [1.29, 1.82) is 0 Å². The van der Waals surface area contributed by atoms with E-state index in [1.807, 2.05) is 30.3 Å². The molecule has 140 valence electrons. The number of hydrogen-bond acceptors (Lipinski definition) is 5. The summed E-state index contributed by atoms with van der Waals surface area (Å²) < 4.78 is 7.57. The molecule has 0 spiro atoms. The second-order valence-corrected chi connectivity index (χ2v) is 7.32. The van der Waals surface area contributed by atoms with Crippen molar-refractivity contribution in [3.63, 3.8) is 0 Å². The summed E-state index contributed by atoms with van der Waals surface area (Å²) in [6, 6.07) is 10.1. The molecule has 0 bridgehead atoms. The van der Waals surface area contributed by atoms with E-state index < -0.39 is 6.10 Å². The Morgan fingerprint density at radius 1 is 1.08 bits per heavy atom. The Bertz CT molecular complexity index is 691. The molecule has 2 fully saturated rings. The van der Waals surface area contributed by atoms with E-state index in [0.29, 0.717) is 11.9 Å². The van der Waals surface area contributed by atoms with Crippen LogP contribution in [0.2, 0.25) is 0 Å². The van der Waals surface area contributed by atoms with Crippen LogP contribution in [0.15, 0.2) is 30.3 Å². The number of benzene rings is 1. The van der Waals surface area contributed by atoms with Gasteiger partial charge >= 0.3 is 0 Å². The summed E-state index contributed by atoms with van der Waals surface area (Å²) in [7, 11) is 0. The highest BCUT2D eigenvalue weighted by atomic mass is 16.5. The molecule has 0 amide bonds. The van der Waals surface area contributed by atoms with Crippen LogP contribution in [0, 0.1) is 0 Å². The second kappa shape index (κ2) is 8.29. The summed E-state index contributed by atoms with van der Waals surface area (Å²) in [5.74, 6) is 1.49. The zero-order chi connectivity index (χ0) is 17.8. The van der Waals surface area contributed by atoms with E-state index in [1.54, 1.807) is 0 Å². The fourth-order valence-corrected chi connectivity index (χ4v) is 3.96. The van der Waals surface area contributed by atoms with E-state index in [1.165, 1.54) is 19.3 Å². The average molecular weight is 356 g/mol. The normalized spacial score (nSPS) is 21.0. The van der Waals surface area contributed by atoms with E-state index >= 15 is 0 Å². The molecule has 0 unspecified atom stereocenters. The van der Waals surface area contributed by atoms with Crippen molar-refractivity contribution in [2.24, 2.45) is 0 Å². The van der Waals surface area contributed by atoms with Gasteiger partial charge in [0.25, 0.3) is 0 Å². The maximum Gasteiger partial charge on any atom is 0.184 e. The SMILES string of the molecule is O[C@H](c1ccccc1)c1nc(CN2CCOCC2)n(C2CCCCC2)n1. The lowest BCUT2D eigenvalue weighted by atomic mass is 9.95. The van der Waals surface area contributed by atoms with Crippen LogP contribution in [-0.2, 0) is 11.3 Å². The topological polar surface area (TPSA) is 63.4 Å². The van der Waals surface area contributed by atoms with E-state index in [9.17, 15) is 5.11 Å². The molecular formula is C20H28N4O2. The van der Waals surface area contributed by atoms with E-state index in [0.717, 1.165) is 57.1 Å². The third kappa shape index (κ3) is 3.98. The van der Waals surface area contributed by atoms with E-state index in [-0.39, 0.29) is 0 Å². The highest BCUT2D eigenvalue weighted by Crippen LogP contribution is 2.30. The van der Waals surface area contributed by atoms with Crippen LogP contribution in [-0.4, -0.2) is 51.1 Å². The smallest absolute Gasteiger partial charge is 0.184 e. The van der Waals surface area contributed by atoms with Crippen molar-refractivity contribution in [3.8, 4) is 0 Å². The van der Waals surface area contributed by atoms with Crippen LogP contribution < -0.4 is 0 Å². The Balaban J connectivity index is 1.60. The maximum absolute atomic E-state index is 10.8. The first-order valence-corrected chi connectivity index (χ1v) is 9.79. The van der Waals surface area contributed by atoms with Gasteiger partial charge in [0.15, 0.2) is 5.82 Å². The fraction of sp³-hybridized carbons (Fsp3) is 0.600. The molecule has 2 aliphatic rings. The molecule has 1 aliphatic heterocycles. The fourth-order valence-electron chi connectivity index (χ4n) is 3.96. The Morgan fingerprint density at radius 3 is 2.54 bits per heavy atom. The minimum Gasteiger partial charge on any atom is -0.380 e. The quantitative estimate of drug-likeness (QED) is 0.892. The number of nitrogens with zero attached hydrogens (tertiary/aromatic N) is 4. The van der Waals surface area contributed by atoms with Crippen LogP contribution >= 0.6 is 0 Å². The summed E-state index contributed by atoms with van der Waals surface area (Å²) in [6.45, 7) is 4.17. The molecule has 1 aliphatic carbocycles. The van der Waals surface area contributed by atoms with Crippen molar-refractivity contribution in [1.82, 2.24) is 19.7 Å². The molecule has 4 rings (SSSR count). The predicted molar refractivity (Wildman–Crippen MR) is 98.7 cm³/mol. The molecule has 1 N–H and O–H groups in total. The van der Waals surface area contributed by atoms with Gasteiger partial charge in [-0.05, 0) is 18.4 Å². The lowest BCUT2D eigenvalue weighted by Crippen LogP contribution is -2.36. The van der Waals surface area contributed by atoms with Gasteiger partial charge in [-0.2, -0.15) is 5.10 Å². The first-order chi connectivity index (χ1) is 12.8. The molecule has 1 saturated heterocycles. The molecular weight excluding hydrogens is 328 g/mol. The monoisotopic (exact) mass is 356 g/mol. The number of ether oxygens (including phenoxy) is 1. The van der Waals surface area contributed by atoms with Crippen LogP contribution in [0.25, 0.3) is 0 Å². The average Bonchev–Trinajstić information content (AvgIpc) is 3.13. The Morgan fingerprint density at radius 2 is 1.81 bits per heavy atom. The number of rotatable bonds is 5. The van der Waals surface area contributed by atoms with Crippen LogP contribution in [0.4, 0.5) is 0 Å². The van der Waals surface area contributed by atoms with Crippen LogP contribution in [0.1, 0.15) is 61.5 Å². The number of aliphatic hydroxyl groups is 1. The van der Waals surface area contributed by atoms with Gasteiger partial charge < -0.3 is 9.84 Å². The molecule has 0 radical (unpaired) electrons. The first kappa shape index (κ1) is 17.6. The van der Waals surface area contributed by atoms with Gasteiger partial charge in [0, 0.05) is 13.1 Å². The number of morpholine rings is 1. The predicted octanol–water partition coefficient (Wildman–Crippen LogP) is 2.70. The third-order valence-corrected chi connectivity index (χ3v) is 5.47. The summed E-state index contributed by atoms with van der Waals surface area (Å²) in [6.07, 6.45) is 5.34. The molecule has 6 nitrogen and oxygen atoms in total. The number of aliphatic hydroxyl groups excluding tert-OH is 1. The van der Waals surface area contributed by atoms with Gasteiger partial charge in [-0.3, -0.25) is 4.90 Å². The molecule has 6 heteroatoms. The van der Waals surface area contributed by atoms with Crippen molar-refractivity contribution in [3.05, 3.63) is 47.5 Å².